The number of nitrogens with zero attached hydrogens (tertiary/aromatic N) is 3. The topological polar surface area (TPSA) is 134 Å². The van der Waals surface area contributed by atoms with Gasteiger partial charge in [-0.3, -0.25) is 24.1 Å². The number of phenols is 1. The number of ether oxygens (including phenoxy) is 2. The number of hydrogen-bond acceptors (Lipinski definition) is 9. The lowest BCUT2D eigenvalue weighted by molar-refractivity contribution is -0.163. The molecule has 11 heteroatoms. The van der Waals surface area contributed by atoms with Crippen LogP contribution in [0.25, 0.3) is 0 Å². The van der Waals surface area contributed by atoms with Crippen LogP contribution in [0.4, 0.5) is 0 Å². The van der Waals surface area contributed by atoms with Gasteiger partial charge in [-0.15, -0.1) is 0 Å². The van der Waals surface area contributed by atoms with Crippen molar-refractivity contribution in [1.82, 2.24) is 14.7 Å². The van der Waals surface area contributed by atoms with Crippen molar-refractivity contribution in [2.45, 2.75) is 97.9 Å². The predicted octanol–water partition coefficient (Wildman–Crippen LogP) is 5.98. The molecule has 57 heavy (non-hydrogen) atoms. The van der Waals surface area contributed by atoms with Crippen LogP contribution in [0.5, 0.6) is 5.75 Å². The van der Waals surface area contributed by atoms with Crippen LogP contribution in [0, 0.1) is 31.6 Å². The second-order valence-electron chi connectivity index (χ2n) is 15.9. The quantitative estimate of drug-likeness (QED) is 0.137. The third-order valence-corrected chi connectivity index (χ3v) is 11.0. The van der Waals surface area contributed by atoms with E-state index in [0.29, 0.717) is 18.4 Å². The maximum atomic E-state index is 14.6. The summed E-state index contributed by atoms with van der Waals surface area (Å²) in [5.74, 6) is -3.85. The van der Waals surface area contributed by atoms with E-state index in [1.54, 1.807) is 31.1 Å². The van der Waals surface area contributed by atoms with Crippen molar-refractivity contribution in [3.05, 3.63) is 101 Å². The second kappa shape index (κ2) is 21.5. The monoisotopic (exact) mass is 785 g/mol. The first-order valence-corrected chi connectivity index (χ1v) is 19.8. The van der Waals surface area contributed by atoms with Crippen molar-refractivity contribution >= 4 is 29.5 Å². The molecule has 3 aromatic carbocycles. The zero-order chi connectivity index (χ0) is 42.6. The lowest BCUT2D eigenvalue weighted by Crippen LogP contribution is -2.55. The van der Waals surface area contributed by atoms with E-state index in [9.17, 15) is 29.1 Å². The summed E-state index contributed by atoms with van der Waals surface area (Å²) in [6.45, 7) is 11.4. The fraction of sp³-hybridized carbons (Fsp3) is 0.500. The predicted molar refractivity (Wildman–Crippen MR) is 221 cm³/mol. The van der Waals surface area contributed by atoms with Crippen molar-refractivity contribution in [2.24, 2.45) is 17.8 Å². The number of likely N-dealkylation sites (N-methyl/N-ethyl adjacent to an activating group) is 3. The van der Waals surface area contributed by atoms with E-state index in [1.165, 1.54) is 43.1 Å². The molecule has 11 nitrogen and oxygen atoms in total. The van der Waals surface area contributed by atoms with Gasteiger partial charge in [-0.2, -0.15) is 0 Å². The normalized spacial score (nSPS) is 14.5. The fourth-order valence-electron chi connectivity index (χ4n) is 6.79. The molecule has 0 aliphatic heterocycles. The molecular weight excluding hydrogens is 723 g/mol. The van der Waals surface area contributed by atoms with Gasteiger partial charge in [0.05, 0.1) is 7.11 Å². The lowest BCUT2D eigenvalue weighted by Gasteiger charge is -2.36. The molecule has 0 spiro atoms. The van der Waals surface area contributed by atoms with Crippen LogP contribution in [-0.2, 0) is 52.7 Å². The number of benzene rings is 3. The third-order valence-electron chi connectivity index (χ3n) is 11.0. The van der Waals surface area contributed by atoms with Gasteiger partial charge in [0.2, 0.25) is 11.8 Å². The van der Waals surface area contributed by atoms with Gasteiger partial charge in [-0.1, -0.05) is 99.5 Å². The molecule has 2 amide bonds. The number of rotatable bonds is 20. The summed E-state index contributed by atoms with van der Waals surface area (Å²) in [5.41, 5.74) is 4.63. The van der Waals surface area contributed by atoms with Gasteiger partial charge in [0.25, 0.3) is 0 Å². The Morgan fingerprint density at radius 3 is 1.51 bits per heavy atom. The number of ketones is 1. The van der Waals surface area contributed by atoms with Crippen molar-refractivity contribution < 1.29 is 38.6 Å². The van der Waals surface area contributed by atoms with Crippen LogP contribution in [-0.4, -0.2) is 109 Å². The molecule has 0 saturated heterocycles. The highest BCUT2D eigenvalue weighted by molar-refractivity contribution is 5.94. The van der Waals surface area contributed by atoms with Gasteiger partial charge in [0.1, 0.15) is 23.9 Å². The maximum Gasteiger partial charge on any atom is 0.328 e. The van der Waals surface area contributed by atoms with Crippen molar-refractivity contribution in [3.63, 3.8) is 0 Å². The minimum atomic E-state index is -1.08. The fourth-order valence-corrected chi connectivity index (χ4v) is 6.79. The van der Waals surface area contributed by atoms with Crippen molar-refractivity contribution in [1.29, 1.82) is 0 Å². The van der Waals surface area contributed by atoms with Gasteiger partial charge in [0.15, 0.2) is 11.9 Å². The number of carbonyl (C=O) groups is 5. The number of aryl methyl sites for hydroxylation is 2. The highest BCUT2D eigenvalue weighted by atomic mass is 16.5. The smallest absolute Gasteiger partial charge is 0.328 e. The molecule has 0 heterocycles. The van der Waals surface area contributed by atoms with Gasteiger partial charge in [0, 0.05) is 45.2 Å². The van der Waals surface area contributed by atoms with E-state index in [4.69, 9.17) is 9.47 Å². The highest BCUT2D eigenvalue weighted by Gasteiger charge is 2.40. The Morgan fingerprint density at radius 2 is 1.07 bits per heavy atom. The third kappa shape index (κ3) is 13.0. The van der Waals surface area contributed by atoms with E-state index in [2.05, 4.69) is 0 Å². The van der Waals surface area contributed by atoms with Crippen LogP contribution >= 0.6 is 0 Å². The van der Waals surface area contributed by atoms with E-state index < -0.39 is 53.9 Å². The molecule has 0 saturated carbocycles. The first-order chi connectivity index (χ1) is 26.9. The number of methoxy groups -OCH3 is 1. The number of hydrogen-bond donors (Lipinski definition) is 1. The average Bonchev–Trinajstić information content (AvgIpc) is 3.19. The molecule has 0 fully saturated rings. The minimum absolute atomic E-state index is 0.0500. The summed E-state index contributed by atoms with van der Waals surface area (Å²) in [4.78, 5) is 74.7. The minimum Gasteiger partial charge on any atom is -0.508 e. The van der Waals surface area contributed by atoms with E-state index in [1.807, 2.05) is 90.1 Å². The Morgan fingerprint density at radius 1 is 0.632 bits per heavy atom. The molecule has 0 unspecified atom stereocenters. The summed E-state index contributed by atoms with van der Waals surface area (Å²) in [7, 11) is 7.92. The summed E-state index contributed by atoms with van der Waals surface area (Å²) in [6, 6.07) is 19.2. The number of phenolic OH excluding ortho intramolecular Hbond substituents is 1. The largest absolute Gasteiger partial charge is 0.508 e. The van der Waals surface area contributed by atoms with Crippen molar-refractivity contribution in [2.75, 3.05) is 35.3 Å². The molecule has 0 aromatic heterocycles. The molecule has 6 atom stereocenters. The van der Waals surface area contributed by atoms with Gasteiger partial charge in [-0.05, 0) is 75.5 Å². The molecule has 0 aliphatic rings. The van der Waals surface area contributed by atoms with Crippen LogP contribution < -0.4 is 0 Å². The Kier molecular flexibility index (Phi) is 17.5. The first-order valence-electron chi connectivity index (χ1n) is 19.8. The number of esters is 2. The molecule has 310 valence electrons. The Labute approximate surface area is 339 Å². The molecule has 1 N–H and O–H groups in total. The zero-order valence-electron chi connectivity index (χ0n) is 35.7. The van der Waals surface area contributed by atoms with E-state index in [-0.39, 0.29) is 42.6 Å². The number of carbonyl (C=O) groups excluding carboxylic acids is 5. The van der Waals surface area contributed by atoms with Crippen molar-refractivity contribution in [3.8, 4) is 5.75 Å². The summed E-state index contributed by atoms with van der Waals surface area (Å²) in [6.07, 6.45) is -0.0562. The van der Waals surface area contributed by atoms with E-state index >= 15 is 0 Å². The van der Waals surface area contributed by atoms with E-state index in [0.717, 1.165) is 22.3 Å². The summed E-state index contributed by atoms with van der Waals surface area (Å²) >= 11 is 0. The summed E-state index contributed by atoms with van der Waals surface area (Å²) < 4.78 is 11.2. The standard InChI is InChI=1S/C46H63N3O8/c1-12-32(6)42(57-46(55)39(47(7)8)26-33-17-13-30(4)14-18-33)41(51)28-37(29(2)3)43(52)48(9)38(25-35-21-23-36(50)24-22-35)44(53)49(10)40(45(54)56-11)27-34-19-15-31(5)16-20-34/h13-24,29,32,37-40,42,50H,12,25-28H2,1-11H3/t32-,37-,38-,39-,40+,42+/m1/s1. The van der Waals surface area contributed by atoms with Gasteiger partial charge in [-0.25, -0.2) is 4.79 Å². The van der Waals surface area contributed by atoms with Gasteiger partial charge < -0.3 is 24.4 Å². The lowest BCUT2D eigenvalue weighted by atomic mass is 9.85. The molecule has 0 bridgehead atoms. The molecule has 0 aliphatic carbocycles. The van der Waals surface area contributed by atoms with Crippen LogP contribution in [0.1, 0.15) is 68.4 Å². The van der Waals surface area contributed by atoms with Crippen LogP contribution in [0.15, 0.2) is 72.8 Å². The second-order valence-corrected chi connectivity index (χ2v) is 15.9. The first kappa shape index (κ1) is 46.4. The Balaban J connectivity index is 1.93. The zero-order valence-corrected chi connectivity index (χ0v) is 35.7. The maximum absolute atomic E-state index is 14.6. The molecule has 3 aromatic rings. The summed E-state index contributed by atoms with van der Waals surface area (Å²) in [5, 5.41) is 9.95. The Hall–Kier alpha value is -5.03. The number of Topliss-reactive ketones (excluding diaryl/α,β-unsaturated/α-hetero) is 1. The van der Waals surface area contributed by atoms with Crippen LogP contribution in [0.2, 0.25) is 0 Å². The SMILES string of the molecule is CC[C@@H](C)[C@H](OC(=O)[C@@H](Cc1ccc(C)cc1)N(C)C)C(=O)C[C@@H](C(=O)N(C)[C@H](Cc1ccc(O)cc1)C(=O)N(C)[C@@H](Cc1ccc(C)cc1)C(=O)OC)C(C)C. The average molecular weight is 786 g/mol. The molecule has 0 radical (unpaired) electrons. The van der Waals surface area contributed by atoms with Crippen LogP contribution in [0.3, 0.4) is 0 Å². The molecular formula is C46H63N3O8. The van der Waals surface area contributed by atoms with Gasteiger partial charge >= 0.3 is 11.9 Å². The number of amides is 2. The highest BCUT2D eigenvalue weighted by Crippen LogP contribution is 2.26. The Bertz CT molecular complexity index is 1790. The number of aromatic hydroxyl groups is 1. The molecule has 3 rings (SSSR count).